The summed E-state index contributed by atoms with van der Waals surface area (Å²) in [6, 6.07) is 7.72. The molecule has 0 radical (unpaired) electrons. The second-order valence-electron chi connectivity index (χ2n) is 6.13. The lowest BCUT2D eigenvalue weighted by molar-refractivity contribution is -0.116. The predicted molar refractivity (Wildman–Crippen MR) is 88.8 cm³/mol. The van der Waals surface area contributed by atoms with Crippen LogP contribution in [-0.4, -0.2) is 50.9 Å². The molecule has 1 N–H and O–H groups in total. The van der Waals surface area contributed by atoms with Gasteiger partial charge in [0.25, 0.3) is 0 Å². The molecule has 1 aromatic carbocycles. The van der Waals surface area contributed by atoms with E-state index < -0.39 is 15.1 Å². The van der Waals surface area contributed by atoms with Gasteiger partial charge < -0.3 is 10.2 Å². The lowest BCUT2D eigenvalue weighted by Gasteiger charge is -2.11. The molecule has 1 saturated heterocycles. The molecule has 1 aliphatic heterocycles. The molecule has 1 amide bonds. The van der Waals surface area contributed by atoms with E-state index >= 15 is 0 Å². The number of carbonyl (C=O) groups is 1. The number of rotatable bonds is 6. The van der Waals surface area contributed by atoms with E-state index in [0.29, 0.717) is 18.5 Å². The van der Waals surface area contributed by atoms with Gasteiger partial charge in [-0.25, -0.2) is 8.42 Å². The number of hydrogen-bond acceptors (Lipinski definition) is 4. The third-order valence-corrected chi connectivity index (χ3v) is 6.24. The van der Waals surface area contributed by atoms with Gasteiger partial charge in [-0.15, -0.1) is 0 Å². The molecule has 1 heterocycles. The maximum Gasteiger partial charge on any atom is 0.225 e. The van der Waals surface area contributed by atoms with Gasteiger partial charge in [0.1, 0.15) is 0 Å². The highest BCUT2D eigenvalue weighted by Crippen LogP contribution is 2.23. The smallest absolute Gasteiger partial charge is 0.225 e. The monoisotopic (exact) mass is 324 g/mol. The van der Waals surface area contributed by atoms with Crippen LogP contribution in [0.4, 0.5) is 5.69 Å². The summed E-state index contributed by atoms with van der Waals surface area (Å²) in [5, 5.41) is 2.28. The summed E-state index contributed by atoms with van der Waals surface area (Å²) in [6.07, 6.45) is 2.28. The van der Waals surface area contributed by atoms with Crippen molar-refractivity contribution in [2.75, 3.05) is 31.7 Å². The van der Waals surface area contributed by atoms with Crippen molar-refractivity contribution in [2.24, 2.45) is 0 Å². The molecule has 1 aromatic rings. The number of nitrogens with one attached hydrogen (secondary N) is 1. The number of anilines is 1. The molecule has 1 aliphatic rings. The zero-order valence-corrected chi connectivity index (χ0v) is 14.0. The Kier molecular flexibility index (Phi) is 5.58. The molecule has 0 spiro atoms. The molecule has 1 unspecified atom stereocenters. The fourth-order valence-electron chi connectivity index (χ4n) is 2.61. The normalized spacial score (nSPS) is 20.2. The van der Waals surface area contributed by atoms with Gasteiger partial charge in [-0.3, -0.25) is 4.79 Å². The standard InChI is InChI=1S/C16H24N2O3S/c1-18(2)10-9-13-5-7-14(8-6-13)17-16(19)12-15-4-3-11-22(15,20)21/h5-8,15H,3-4,9-12H2,1-2H3,(H,17,19). The molecule has 22 heavy (non-hydrogen) atoms. The fraction of sp³-hybridized carbons (Fsp3) is 0.562. The van der Waals surface area contributed by atoms with Gasteiger partial charge in [0.05, 0.1) is 11.0 Å². The Bertz CT molecular complexity index is 609. The first kappa shape index (κ1) is 17.0. The van der Waals surface area contributed by atoms with Crippen molar-refractivity contribution < 1.29 is 13.2 Å². The minimum Gasteiger partial charge on any atom is -0.326 e. The summed E-state index contributed by atoms with van der Waals surface area (Å²) < 4.78 is 23.5. The van der Waals surface area contributed by atoms with Crippen LogP contribution < -0.4 is 5.32 Å². The van der Waals surface area contributed by atoms with Crippen LogP contribution in [0.1, 0.15) is 24.8 Å². The average Bonchev–Trinajstić information content (AvgIpc) is 2.77. The summed E-state index contributed by atoms with van der Waals surface area (Å²) >= 11 is 0. The second-order valence-corrected chi connectivity index (χ2v) is 8.53. The van der Waals surface area contributed by atoms with Crippen LogP contribution in [0.5, 0.6) is 0 Å². The Morgan fingerprint density at radius 1 is 1.27 bits per heavy atom. The SMILES string of the molecule is CN(C)CCc1ccc(NC(=O)CC2CCCS2(=O)=O)cc1. The topological polar surface area (TPSA) is 66.5 Å². The summed E-state index contributed by atoms with van der Waals surface area (Å²) in [5.41, 5.74) is 1.93. The summed E-state index contributed by atoms with van der Waals surface area (Å²) in [7, 11) is 1.00. The molecule has 5 nitrogen and oxygen atoms in total. The molecule has 0 bridgehead atoms. The van der Waals surface area contributed by atoms with Crippen LogP contribution in [0.15, 0.2) is 24.3 Å². The average molecular weight is 324 g/mol. The lowest BCUT2D eigenvalue weighted by atomic mass is 10.1. The number of sulfone groups is 1. The van der Waals surface area contributed by atoms with Gasteiger partial charge in [-0.05, 0) is 51.1 Å². The summed E-state index contributed by atoms with van der Waals surface area (Å²) in [5.74, 6) is -0.0116. The first-order valence-electron chi connectivity index (χ1n) is 7.62. The molecule has 1 fully saturated rings. The van der Waals surface area contributed by atoms with E-state index in [0.717, 1.165) is 13.0 Å². The minimum absolute atomic E-state index is 0.0602. The van der Waals surface area contributed by atoms with Crippen molar-refractivity contribution in [1.29, 1.82) is 0 Å². The second kappa shape index (κ2) is 7.24. The molecule has 2 rings (SSSR count). The molecule has 0 aromatic heterocycles. The van der Waals surface area contributed by atoms with Gasteiger partial charge in [-0.1, -0.05) is 12.1 Å². The van der Waals surface area contributed by atoms with Crippen LogP contribution in [-0.2, 0) is 21.1 Å². The zero-order chi connectivity index (χ0) is 16.2. The first-order valence-corrected chi connectivity index (χ1v) is 9.33. The highest BCUT2D eigenvalue weighted by Gasteiger charge is 2.32. The Morgan fingerprint density at radius 3 is 2.50 bits per heavy atom. The summed E-state index contributed by atoms with van der Waals surface area (Å²) in [6.45, 7) is 0.977. The third-order valence-electron chi connectivity index (χ3n) is 3.96. The van der Waals surface area contributed by atoms with Crippen molar-refractivity contribution in [1.82, 2.24) is 4.90 Å². The fourth-order valence-corrected chi connectivity index (χ4v) is 4.45. The van der Waals surface area contributed by atoms with Crippen molar-refractivity contribution in [3.05, 3.63) is 29.8 Å². The number of amides is 1. The van der Waals surface area contributed by atoms with Crippen LogP contribution in [0.25, 0.3) is 0 Å². The van der Waals surface area contributed by atoms with E-state index in [4.69, 9.17) is 0 Å². The molecule has 0 saturated carbocycles. The van der Waals surface area contributed by atoms with Crippen molar-refractivity contribution in [2.45, 2.75) is 30.9 Å². The minimum atomic E-state index is -3.06. The number of nitrogens with zero attached hydrogens (tertiary/aromatic N) is 1. The zero-order valence-electron chi connectivity index (χ0n) is 13.2. The van der Waals surface area contributed by atoms with Gasteiger partial charge in [-0.2, -0.15) is 0 Å². The first-order chi connectivity index (χ1) is 10.4. The summed E-state index contributed by atoms with van der Waals surface area (Å²) in [4.78, 5) is 14.1. The van der Waals surface area contributed by atoms with E-state index in [1.807, 2.05) is 38.4 Å². The van der Waals surface area contributed by atoms with Crippen LogP contribution in [0.2, 0.25) is 0 Å². The molecule has 1 atom stereocenters. The van der Waals surface area contributed by atoms with Crippen molar-refractivity contribution >= 4 is 21.4 Å². The molecular formula is C16H24N2O3S. The molecule has 0 aliphatic carbocycles. The highest BCUT2D eigenvalue weighted by atomic mass is 32.2. The third kappa shape index (κ3) is 4.81. The number of likely N-dealkylation sites (N-methyl/N-ethyl adjacent to an activating group) is 1. The molecule has 6 heteroatoms. The number of hydrogen-bond donors (Lipinski definition) is 1. The van der Waals surface area contributed by atoms with Gasteiger partial charge >= 0.3 is 0 Å². The van der Waals surface area contributed by atoms with E-state index in [2.05, 4.69) is 10.2 Å². The van der Waals surface area contributed by atoms with Crippen LogP contribution in [0, 0.1) is 0 Å². The van der Waals surface area contributed by atoms with Gasteiger partial charge in [0, 0.05) is 18.7 Å². The highest BCUT2D eigenvalue weighted by molar-refractivity contribution is 7.92. The van der Waals surface area contributed by atoms with Crippen molar-refractivity contribution in [3.8, 4) is 0 Å². The molecular weight excluding hydrogens is 300 g/mol. The van der Waals surface area contributed by atoms with Gasteiger partial charge in [0.15, 0.2) is 9.84 Å². The maximum atomic E-state index is 12.0. The Labute approximate surface area is 132 Å². The maximum absolute atomic E-state index is 12.0. The Hall–Kier alpha value is -1.40. The van der Waals surface area contributed by atoms with Crippen LogP contribution >= 0.6 is 0 Å². The number of benzene rings is 1. The van der Waals surface area contributed by atoms with Gasteiger partial charge in [0.2, 0.25) is 5.91 Å². The largest absolute Gasteiger partial charge is 0.326 e. The van der Waals surface area contributed by atoms with Crippen molar-refractivity contribution in [3.63, 3.8) is 0 Å². The lowest BCUT2D eigenvalue weighted by Crippen LogP contribution is -2.24. The van der Waals surface area contributed by atoms with Crippen LogP contribution in [0.3, 0.4) is 0 Å². The Morgan fingerprint density at radius 2 is 1.95 bits per heavy atom. The predicted octanol–water partition coefficient (Wildman–Crippen LogP) is 1.70. The Balaban J connectivity index is 1.86. The number of carbonyl (C=O) groups excluding carboxylic acids is 1. The van der Waals surface area contributed by atoms with E-state index in [1.54, 1.807) is 0 Å². The molecule has 122 valence electrons. The quantitative estimate of drug-likeness (QED) is 0.865. The van der Waals surface area contributed by atoms with E-state index in [1.165, 1.54) is 5.56 Å². The van der Waals surface area contributed by atoms with E-state index in [-0.39, 0.29) is 18.1 Å². The van der Waals surface area contributed by atoms with E-state index in [9.17, 15) is 13.2 Å².